The fourth-order valence-electron chi connectivity index (χ4n) is 10.3. The summed E-state index contributed by atoms with van der Waals surface area (Å²) >= 11 is 0. The van der Waals surface area contributed by atoms with Crippen LogP contribution in [0.5, 0.6) is 0 Å². The molecule has 0 N–H and O–H groups in total. The Kier molecular flexibility index (Phi) is 7.23. The van der Waals surface area contributed by atoms with Gasteiger partial charge >= 0.3 is 5.97 Å². The molecule has 198 valence electrons. The standard InChI is InChI=1S/C32H52O3/c1-7-21(3)30(33)34-19-20(2)11-14-27-22(4)29-28(35-27)18-26-24-13-12-23-10-8-9-16-31(23,5)25(24)15-17-32(26,29)6/h7,20,22-29H,8-19H2,1-6H3/b21-7-/t20?,22-,23?,24-,25+,26+,27?,28+,29+,31+,32+/m1/s1. The predicted octanol–water partition coefficient (Wildman–Crippen LogP) is 7.97. The van der Waals surface area contributed by atoms with Crippen LogP contribution >= 0.6 is 0 Å². The van der Waals surface area contributed by atoms with Crippen LogP contribution < -0.4 is 0 Å². The lowest BCUT2D eigenvalue weighted by Gasteiger charge is -2.60. The van der Waals surface area contributed by atoms with Crippen molar-refractivity contribution in [1.29, 1.82) is 0 Å². The van der Waals surface area contributed by atoms with Crippen LogP contribution in [-0.4, -0.2) is 24.8 Å². The summed E-state index contributed by atoms with van der Waals surface area (Å²) in [5, 5.41) is 0. The number of fused-ring (bicyclic) bond motifs is 7. The van der Waals surface area contributed by atoms with Crippen molar-refractivity contribution in [3.05, 3.63) is 11.6 Å². The van der Waals surface area contributed by atoms with Crippen LogP contribution in [0.15, 0.2) is 11.6 Å². The van der Waals surface area contributed by atoms with Crippen LogP contribution in [0.25, 0.3) is 0 Å². The molecule has 5 rings (SSSR count). The summed E-state index contributed by atoms with van der Waals surface area (Å²) < 4.78 is 12.4. The molecule has 3 heteroatoms. The molecule has 0 radical (unpaired) electrons. The van der Waals surface area contributed by atoms with E-state index in [1.54, 1.807) is 0 Å². The minimum Gasteiger partial charge on any atom is -0.462 e. The molecule has 1 aliphatic heterocycles. The van der Waals surface area contributed by atoms with Gasteiger partial charge in [0.25, 0.3) is 0 Å². The SMILES string of the molecule is C/C=C(/C)C(=O)OCC(C)CCC1O[C@H]2C[C@H]3[C@@H]4CCC5CCCC[C@]5(C)[C@H]4CC[C@]3(C)[C@H]2[C@@H]1C. The van der Waals surface area contributed by atoms with Crippen LogP contribution in [-0.2, 0) is 14.3 Å². The first-order chi connectivity index (χ1) is 16.7. The lowest BCUT2D eigenvalue weighted by molar-refractivity contribution is -0.140. The summed E-state index contributed by atoms with van der Waals surface area (Å²) in [4.78, 5) is 12.0. The Morgan fingerprint density at radius 3 is 2.66 bits per heavy atom. The van der Waals surface area contributed by atoms with Crippen molar-refractivity contribution in [3.63, 3.8) is 0 Å². The first kappa shape index (κ1) is 25.8. The van der Waals surface area contributed by atoms with E-state index in [1.165, 1.54) is 57.8 Å². The summed E-state index contributed by atoms with van der Waals surface area (Å²) in [6.07, 6.45) is 18.0. The molecular weight excluding hydrogens is 432 g/mol. The van der Waals surface area contributed by atoms with Gasteiger partial charge in [0.15, 0.2) is 0 Å². The summed E-state index contributed by atoms with van der Waals surface area (Å²) in [5.74, 6) is 5.39. The van der Waals surface area contributed by atoms with Gasteiger partial charge in [-0.25, -0.2) is 4.79 Å². The first-order valence-electron chi connectivity index (χ1n) is 15.1. The Morgan fingerprint density at radius 1 is 1.09 bits per heavy atom. The van der Waals surface area contributed by atoms with E-state index in [1.807, 2.05) is 19.9 Å². The van der Waals surface area contributed by atoms with Crippen LogP contribution in [0.3, 0.4) is 0 Å². The zero-order valence-corrected chi connectivity index (χ0v) is 23.5. The Bertz CT molecular complexity index is 818. The van der Waals surface area contributed by atoms with Gasteiger partial charge in [-0.15, -0.1) is 0 Å². The number of hydrogen-bond donors (Lipinski definition) is 0. The van der Waals surface area contributed by atoms with Crippen molar-refractivity contribution in [1.82, 2.24) is 0 Å². The van der Waals surface area contributed by atoms with Crippen LogP contribution in [0, 0.1) is 52.3 Å². The second kappa shape index (κ2) is 9.80. The van der Waals surface area contributed by atoms with Crippen molar-refractivity contribution in [2.24, 2.45) is 52.3 Å². The highest BCUT2D eigenvalue weighted by molar-refractivity contribution is 5.87. The second-order valence-corrected chi connectivity index (χ2v) is 14.0. The number of allylic oxidation sites excluding steroid dienone is 1. The maximum absolute atomic E-state index is 12.0. The Morgan fingerprint density at radius 2 is 1.89 bits per heavy atom. The first-order valence-corrected chi connectivity index (χ1v) is 15.1. The number of hydrogen-bond acceptors (Lipinski definition) is 3. The molecule has 0 aromatic carbocycles. The lowest BCUT2D eigenvalue weighted by Crippen LogP contribution is -2.53. The average Bonchev–Trinajstić information content (AvgIpc) is 3.33. The Labute approximate surface area is 215 Å². The number of rotatable bonds is 6. The Balaban J connectivity index is 1.19. The highest BCUT2D eigenvalue weighted by Gasteiger charge is 2.65. The van der Waals surface area contributed by atoms with Gasteiger partial charge in [0.2, 0.25) is 0 Å². The molecule has 5 aliphatic rings. The molecule has 4 aliphatic carbocycles. The van der Waals surface area contributed by atoms with Gasteiger partial charge in [0, 0.05) is 5.57 Å². The van der Waals surface area contributed by atoms with Gasteiger partial charge in [0.05, 0.1) is 18.8 Å². The fraction of sp³-hybridized carbons (Fsp3) is 0.906. The predicted molar refractivity (Wildman–Crippen MR) is 142 cm³/mol. The number of ether oxygens (including phenoxy) is 2. The summed E-state index contributed by atoms with van der Waals surface area (Å²) in [5.41, 5.74) is 1.80. The monoisotopic (exact) mass is 484 g/mol. The van der Waals surface area contributed by atoms with Gasteiger partial charge in [-0.05, 0) is 124 Å². The molecule has 0 aromatic rings. The molecule has 0 spiro atoms. The highest BCUT2D eigenvalue weighted by atomic mass is 16.5. The zero-order valence-electron chi connectivity index (χ0n) is 23.5. The third-order valence-corrected chi connectivity index (χ3v) is 12.4. The van der Waals surface area contributed by atoms with E-state index in [4.69, 9.17) is 9.47 Å². The maximum Gasteiger partial charge on any atom is 0.333 e. The summed E-state index contributed by atoms with van der Waals surface area (Å²) in [7, 11) is 0. The third kappa shape index (κ3) is 4.34. The van der Waals surface area contributed by atoms with E-state index >= 15 is 0 Å². The van der Waals surface area contributed by atoms with Crippen molar-refractivity contribution in [2.45, 2.75) is 124 Å². The van der Waals surface area contributed by atoms with E-state index in [0.717, 1.165) is 42.4 Å². The van der Waals surface area contributed by atoms with E-state index in [9.17, 15) is 4.79 Å². The quantitative estimate of drug-likeness (QED) is 0.283. The fourth-order valence-corrected chi connectivity index (χ4v) is 10.3. The van der Waals surface area contributed by atoms with Crippen LogP contribution in [0.1, 0.15) is 112 Å². The lowest BCUT2D eigenvalue weighted by atomic mass is 9.44. The third-order valence-electron chi connectivity index (χ3n) is 12.4. The minimum atomic E-state index is -0.176. The number of esters is 1. The van der Waals surface area contributed by atoms with Gasteiger partial charge in [-0.3, -0.25) is 0 Å². The summed E-state index contributed by atoms with van der Waals surface area (Å²) in [6.45, 7) is 14.3. The van der Waals surface area contributed by atoms with E-state index in [2.05, 4.69) is 27.7 Å². The maximum atomic E-state index is 12.0. The molecule has 11 atom stereocenters. The molecule has 1 heterocycles. The second-order valence-electron chi connectivity index (χ2n) is 14.0. The normalized spacial score (nSPS) is 47.9. The van der Waals surface area contributed by atoms with Gasteiger partial charge in [0.1, 0.15) is 0 Å². The number of carbonyl (C=O) groups is 1. The molecule has 0 aromatic heterocycles. The molecule has 3 nitrogen and oxygen atoms in total. The van der Waals surface area contributed by atoms with Crippen molar-refractivity contribution >= 4 is 5.97 Å². The Hall–Kier alpha value is -0.830. The number of carbonyl (C=O) groups excluding carboxylic acids is 1. The van der Waals surface area contributed by atoms with Crippen LogP contribution in [0.2, 0.25) is 0 Å². The molecular formula is C32H52O3. The average molecular weight is 485 g/mol. The van der Waals surface area contributed by atoms with Crippen molar-refractivity contribution in [2.75, 3.05) is 6.61 Å². The van der Waals surface area contributed by atoms with Gasteiger partial charge < -0.3 is 9.47 Å². The van der Waals surface area contributed by atoms with E-state index in [-0.39, 0.29) is 5.97 Å². The van der Waals surface area contributed by atoms with Crippen molar-refractivity contribution < 1.29 is 14.3 Å². The molecule has 5 fully saturated rings. The van der Waals surface area contributed by atoms with Crippen molar-refractivity contribution in [3.8, 4) is 0 Å². The molecule has 0 bridgehead atoms. The van der Waals surface area contributed by atoms with E-state index in [0.29, 0.717) is 47.1 Å². The smallest absolute Gasteiger partial charge is 0.333 e. The van der Waals surface area contributed by atoms with Gasteiger partial charge in [-0.2, -0.15) is 0 Å². The highest BCUT2D eigenvalue weighted by Crippen LogP contribution is 2.70. The topological polar surface area (TPSA) is 35.5 Å². The summed E-state index contributed by atoms with van der Waals surface area (Å²) in [6, 6.07) is 0. The largest absolute Gasteiger partial charge is 0.462 e. The molecule has 35 heavy (non-hydrogen) atoms. The molecule has 1 saturated heterocycles. The molecule has 3 unspecified atom stereocenters. The van der Waals surface area contributed by atoms with E-state index < -0.39 is 0 Å². The molecule has 4 saturated carbocycles. The zero-order chi connectivity index (χ0) is 25.0. The molecule has 0 amide bonds. The van der Waals surface area contributed by atoms with Crippen LogP contribution in [0.4, 0.5) is 0 Å². The van der Waals surface area contributed by atoms with Gasteiger partial charge in [-0.1, -0.05) is 46.6 Å². The minimum absolute atomic E-state index is 0.176.